The largest absolute Gasteiger partial charge is 0.493 e. The van der Waals surface area contributed by atoms with Crippen LogP contribution in [0.4, 0.5) is 0 Å². The smallest absolute Gasteiger partial charge is 0.203 e. The summed E-state index contributed by atoms with van der Waals surface area (Å²) in [5.74, 6) is 2.01. The van der Waals surface area contributed by atoms with E-state index in [1.165, 1.54) is 27.5 Å². The number of fused-ring (bicyclic) bond motifs is 3. The van der Waals surface area contributed by atoms with E-state index >= 15 is 0 Å². The summed E-state index contributed by atoms with van der Waals surface area (Å²) >= 11 is 0. The van der Waals surface area contributed by atoms with Crippen molar-refractivity contribution in [2.24, 2.45) is 0 Å². The van der Waals surface area contributed by atoms with Crippen LogP contribution in [0.1, 0.15) is 16.7 Å². The molecule has 0 aliphatic heterocycles. The quantitative estimate of drug-likeness (QED) is 0.407. The average molecular weight is 372 g/mol. The van der Waals surface area contributed by atoms with E-state index < -0.39 is 0 Å². The average Bonchev–Trinajstić information content (AvgIpc) is 2.73. The number of rotatable bonds is 5. The van der Waals surface area contributed by atoms with Gasteiger partial charge in [-0.05, 0) is 46.7 Å². The molecule has 0 aliphatic carbocycles. The fourth-order valence-corrected chi connectivity index (χ4v) is 3.88. The van der Waals surface area contributed by atoms with Gasteiger partial charge in [0.25, 0.3) is 0 Å². The van der Waals surface area contributed by atoms with Gasteiger partial charge in [-0.1, -0.05) is 60.2 Å². The molecule has 4 aromatic rings. The lowest BCUT2D eigenvalue weighted by Crippen LogP contribution is -1.99. The van der Waals surface area contributed by atoms with E-state index in [0.717, 1.165) is 17.2 Å². The third-order valence-corrected chi connectivity index (χ3v) is 5.25. The molecule has 0 amide bonds. The van der Waals surface area contributed by atoms with E-state index in [2.05, 4.69) is 67.6 Å². The maximum Gasteiger partial charge on any atom is 0.203 e. The molecule has 0 heterocycles. The van der Waals surface area contributed by atoms with Crippen LogP contribution in [0.15, 0.2) is 60.7 Å². The summed E-state index contributed by atoms with van der Waals surface area (Å²) in [7, 11) is 4.98. The highest BCUT2D eigenvalue weighted by Gasteiger charge is 2.20. The van der Waals surface area contributed by atoms with Crippen molar-refractivity contribution in [1.82, 2.24) is 0 Å². The lowest BCUT2D eigenvalue weighted by molar-refractivity contribution is 0.327. The van der Waals surface area contributed by atoms with Crippen LogP contribution in [0.2, 0.25) is 0 Å². The zero-order valence-corrected chi connectivity index (χ0v) is 16.7. The molecule has 0 aromatic heterocycles. The molecule has 4 rings (SSSR count). The summed E-state index contributed by atoms with van der Waals surface area (Å²) in [6.45, 7) is 2.11. The number of ether oxygens (including phenoxy) is 3. The molecule has 0 spiro atoms. The summed E-state index contributed by atoms with van der Waals surface area (Å²) in [6.07, 6.45) is 0.813. The van der Waals surface area contributed by atoms with Crippen LogP contribution in [0.3, 0.4) is 0 Å². The van der Waals surface area contributed by atoms with Gasteiger partial charge in [-0.3, -0.25) is 0 Å². The molecular formula is C25H24O3. The SMILES string of the molecule is COc1cc2c(c(Cc3ccc(C)cc3)cc3ccccc32)c(OC)c1OC. The minimum atomic E-state index is 0.623. The summed E-state index contributed by atoms with van der Waals surface area (Å²) < 4.78 is 17.1. The maximum atomic E-state index is 5.83. The molecule has 0 fully saturated rings. The second kappa shape index (κ2) is 7.43. The van der Waals surface area contributed by atoms with Gasteiger partial charge in [-0.15, -0.1) is 0 Å². The van der Waals surface area contributed by atoms with Crippen LogP contribution in [-0.2, 0) is 6.42 Å². The maximum absolute atomic E-state index is 5.83. The minimum absolute atomic E-state index is 0.623. The first-order chi connectivity index (χ1) is 13.7. The van der Waals surface area contributed by atoms with Crippen LogP contribution in [0, 0.1) is 6.92 Å². The van der Waals surface area contributed by atoms with Gasteiger partial charge in [0.05, 0.1) is 21.3 Å². The van der Waals surface area contributed by atoms with E-state index in [-0.39, 0.29) is 0 Å². The van der Waals surface area contributed by atoms with Crippen molar-refractivity contribution in [3.63, 3.8) is 0 Å². The summed E-state index contributed by atoms with van der Waals surface area (Å²) in [5, 5.41) is 4.55. The van der Waals surface area contributed by atoms with E-state index in [1.54, 1.807) is 21.3 Å². The summed E-state index contributed by atoms with van der Waals surface area (Å²) in [4.78, 5) is 0. The molecule has 28 heavy (non-hydrogen) atoms. The fourth-order valence-electron chi connectivity index (χ4n) is 3.88. The van der Waals surface area contributed by atoms with Gasteiger partial charge in [0, 0.05) is 5.39 Å². The zero-order chi connectivity index (χ0) is 19.7. The molecule has 4 aromatic carbocycles. The highest BCUT2D eigenvalue weighted by atomic mass is 16.5. The number of aryl methyl sites for hydroxylation is 1. The second-order valence-corrected chi connectivity index (χ2v) is 6.99. The van der Waals surface area contributed by atoms with Crippen LogP contribution >= 0.6 is 0 Å². The molecule has 0 saturated heterocycles. The Morgan fingerprint density at radius 2 is 1.43 bits per heavy atom. The van der Waals surface area contributed by atoms with Gasteiger partial charge < -0.3 is 14.2 Å². The fraction of sp³-hybridized carbons (Fsp3) is 0.200. The number of hydrogen-bond donors (Lipinski definition) is 0. The van der Waals surface area contributed by atoms with Crippen LogP contribution < -0.4 is 14.2 Å². The number of hydrogen-bond acceptors (Lipinski definition) is 3. The first-order valence-electron chi connectivity index (χ1n) is 9.35. The van der Waals surface area contributed by atoms with E-state index in [0.29, 0.717) is 17.2 Å². The normalized spacial score (nSPS) is 11.0. The van der Waals surface area contributed by atoms with Crippen molar-refractivity contribution in [3.8, 4) is 17.2 Å². The monoisotopic (exact) mass is 372 g/mol. The second-order valence-electron chi connectivity index (χ2n) is 6.99. The molecule has 0 aliphatic rings. The summed E-state index contributed by atoms with van der Waals surface area (Å²) in [6, 6.07) is 21.4. The van der Waals surface area contributed by atoms with Gasteiger partial charge in [0.15, 0.2) is 11.5 Å². The topological polar surface area (TPSA) is 27.7 Å². The lowest BCUT2D eigenvalue weighted by Gasteiger charge is -2.19. The third kappa shape index (κ3) is 3.03. The van der Waals surface area contributed by atoms with Gasteiger partial charge in [0.1, 0.15) is 0 Å². The van der Waals surface area contributed by atoms with Crippen molar-refractivity contribution in [1.29, 1.82) is 0 Å². The van der Waals surface area contributed by atoms with Crippen LogP contribution in [0.5, 0.6) is 17.2 Å². The third-order valence-electron chi connectivity index (χ3n) is 5.25. The Hall–Kier alpha value is -3.20. The van der Waals surface area contributed by atoms with Crippen LogP contribution in [0.25, 0.3) is 21.5 Å². The van der Waals surface area contributed by atoms with E-state index in [9.17, 15) is 0 Å². The molecule has 0 saturated carbocycles. The van der Waals surface area contributed by atoms with Crippen molar-refractivity contribution in [2.45, 2.75) is 13.3 Å². The molecule has 3 nitrogen and oxygen atoms in total. The minimum Gasteiger partial charge on any atom is -0.493 e. The van der Waals surface area contributed by atoms with Gasteiger partial charge in [-0.2, -0.15) is 0 Å². The van der Waals surface area contributed by atoms with Crippen molar-refractivity contribution in [3.05, 3.63) is 77.4 Å². The van der Waals surface area contributed by atoms with Gasteiger partial charge in [0.2, 0.25) is 5.75 Å². The molecule has 0 unspecified atom stereocenters. The predicted octanol–water partition coefficient (Wildman–Crippen LogP) is 5.92. The van der Waals surface area contributed by atoms with E-state index in [1.807, 2.05) is 0 Å². The Balaban J connectivity index is 2.07. The summed E-state index contributed by atoms with van der Waals surface area (Å²) in [5.41, 5.74) is 3.73. The van der Waals surface area contributed by atoms with Gasteiger partial charge >= 0.3 is 0 Å². The zero-order valence-electron chi connectivity index (χ0n) is 16.7. The van der Waals surface area contributed by atoms with Crippen molar-refractivity contribution in [2.75, 3.05) is 21.3 Å². The standard InChI is InChI=1S/C25H24O3/c1-16-9-11-17(12-10-16)13-19-14-18-7-5-6-8-20(18)21-15-22(26-2)24(27-3)25(28-4)23(19)21/h5-12,14-15H,13H2,1-4H3. The lowest BCUT2D eigenvalue weighted by atomic mass is 9.92. The number of methoxy groups -OCH3 is 3. The first-order valence-corrected chi connectivity index (χ1v) is 9.35. The van der Waals surface area contributed by atoms with Crippen molar-refractivity contribution < 1.29 is 14.2 Å². The molecule has 0 N–H and O–H groups in total. The van der Waals surface area contributed by atoms with Gasteiger partial charge in [-0.25, -0.2) is 0 Å². The highest BCUT2D eigenvalue weighted by Crippen LogP contribution is 2.47. The highest BCUT2D eigenvalue weighted by molar-refractivity contribution is 6.12. The van der Waals surface area contributed by atoms with Crippen molar-refractivity contribution >= 4 is 21.5 Å². The van der Waals surface area contributed by atoms with E-state index in [4.69, 9.17) is 14.2 Å². The Labute approximate surface area is 165 Å². The Morgan fingerprint density at radius 1 is 0.714 bits per heavy atom. The Morgan fingerprint density at radius 3 is 2.11 bits per heavy atom. The molecule has 0 bridgehead atoms. The molecule has 0 radical (unpaired) electrons. The van der Waals surface area contributed by atoms with Crippen LogP contribution in [-0.4, -0.2) is 21.3 Å². The first kappa shape index (κ1) is 18.2. The Kier molecular flexibility index (Phi) is 4.82. The molecule has 3 heteroatoms. The molecule has 142 valence electrons. The number of benzene rings is 4. The molecular weight excluding hydrogens is 348 g/mol. The molecule has 0 atom stereocenters. The Bertz CT molecular complexity index is 1140. The predicted molar refractivity (Wildman–Crippen MR) is 115 cm³/mol.